The summed E-state index contributed by atoms with van der Waals surface area (Å²) in [6.07, 6.45) is 1.19. The first-order valence-electron chi connectivity index (χ1n) is 10.5. The maximum Gasteiger partial charge on any atom is 0.257 e. The molecule has 2 N–H and O–H groups in total. The molecule has 2 heterocycles. The molecule has 1 amide bonds. The molecule has 0 radical (unpaired) electrons. The van der Waals surface area contributed by atoms with Crippen molar-refractivity contribution in [2.24, 2.45) is 0 Å². The fourth-order valence-corrected chi connectivity index (χ4v) is 4.30. The van der Waals surface area contributed by atoms with Gasteiger partial charge in [-0.15, -0.1) is 0 Å². The van der Waals surface area contributed by atoms with Crippen LogP contribution in [0.25, 0.3) is 0 Å². The standard InChI is InChI=1S/C23H30N4O4/c1-29-17-9-7-16(8-10-17)19-15-21(25-24-19)26-11-13-27(14-12-26)23(28)18-5-4-6-20(30-2)22(18)31-3/h4-10,19,21,24-25H,11-15H2,1-3H3. The second-order valence-electron chi connectivity index (χ2n) is 7.74. The van der Waals surface area contributed by atoms with E-state index in [4.69, 9.17) is 14.2 Å². The van der Waals surface area contributed by atoms with Gasteiger partial charge in [0.1, 0.15) is 5.75 Å². The largest absolute Gasteiger partial charge is 0.497 e. The van der Waals surface area contributed by atoms with Crippen molar-refractivity contribution in [3.05, 3.63) is 53.6 Å². The zero-order valence-electron chi connectivity index (χ0n) is 18.3. The molecule has 2 saturated heterocycles. The minimum Gasteiger partial charge on any atom is -0.497 e. The SMILES string of the molecule is COc1ccc(C2CC(N3CCN(C(=O)c4cccc(OC)c4OC)CC3)NN2)cc1. The summed E-state index contributed by atoms with van der Waals surface area (Å²) in [6, 6.07) is 13.8. The van der Waals surface area contributed by atoms with Gasteiger partial charge >= 0.3 is 0 Å². The Morgan fingerprint density at radius 3 is 2.29 bits per heavy atom. The lowest BCUT2D eigenvalue weighted by Crippen LogP contribution is -2.55. The molecule has 2 atom stereocenters. The predicted octanol–water partition coefficient (Wildman–Crippen LogP) is 2.04. The first-order valence-corrected chi connectivity index (χ1v) is 10.5. The van der Waals surface area contributed by atoms with Gasteiger partial charge in [-0.05, 0) is 36.2 Å². The number of piperazine rings is 1. The van der Waals surface area contributed by atoms with Crippen LogP contribution in [-0.4, -0.2) is 69.4 Å². The second kappa shape index (κ2) is 9.55. The van der Waals surface area contributed by atoms with Crippen molar-refractivity contribution < 1.29 is 19.0 Å². The Morgan fingerprint density at radius 1 is 0.903 bits per heavy atom. The number of nitrogens with zero attached hydrogens (tertiary/aromatic N) is 2. The van der Waals surface area contributed by atoms with Crippen molar-refractivity contribution in [1.29, 1.82) is 0 Å². The van der Waals surface area contributed by atoms with Gasteiger partial charge in [0.15, 0.2) is 11.5 Å². The van der Waals surface area contributed by atoms with Gasteiger partial charge < -0.3 is 19.1 Å². The number of benzene rings is 2. The monoisotopic (exact) mass is 426 g/mol. The van der Waals surface area contributed by atoms with Crippen molar-refractivity contribution in [1.82, 2.24) is 20.7 Å². The van der Waals surface area contributed by atoms with Crippen LogP contribution in [0, 0.1) is 0 Å². The summed E-state index contributed by atoms with van der Waals surface area (Å²) in [6.45, 7) is 2.97. The number of methoxy groups -OCH3 is 3. The van der Waals surface area contributed by atoms with E-state index in [-0.39, 0.29) is 18.1 Å². The van der Waals surface area contributed by atoms with Crippen LogP contribution in [0.15, 0.2) is 42.5 Å². The maximum absolute atomic E-state index is 13.1. The number of nitrogens with one attached hydrogen (secondary N) is 2. The molecule has 31 heavy (non-hydrogen) atoms. The van der Waals surface area contributed by atoms with E-state index < -0.39 is 0 Å². The second-order valence-corrected chi connectivity index (χ2v) is 7.74. The Hall–Kier alpha value is -2.81. The molecule has 2 aliphatic rings. The van der Waals surface area contributed by atoms with E-state index in [1.807, 2.05) is 23.1 Å². The van der Waals surface area contributed by atoms with E-state index in [2.05, 4.69) is 27.9 Å². The van der Waals surface area contributed by atoms with Gasteiger partial charge in [-0.1, -0.05) is 18.2 Å². The maximum atomic E-state index is 13.1. The molecule has 8 heteroatoms. The third-order valence-corrected chi connectivity index (χ3v) is 6.08. The van der Waals surface area contributed by atoms with Crippen molar-refractivity contribution in [2.45, 2.75) is 18.6 Å². The first-order chi connectivity index (χ1) is 15.1. The molecular formula is C23H30N4O4. The van der Waals surface area contributed by atoms with E-state index >= 15 is 0 Å². The summed E-state index contributed by atoms with van der Waals surface area (Å²) in [5.41, 5.74) is 8.59. The average molecular weight is 427 g/mol. The minimum atomic E-state index is -0.0241. The van der Waals surface area contributed by atoms with Crippen LogP contribution >= 0.6 is 0 Å². The lowest BCUT2D eigenvalue weighted by Gasteiger charge is -2.37. The molecule has 0 spiro atoms. The zero-order valence-corrected chi connectivity index (χ0v) is 18.3. The summed E-state index contributed by atoms with van der Waals surface area (Å²) in [4.78, 5) is 17.4. The first kappa shape index (κ1) is 21.4. The normalized spacial score (nSPS) is 21.7. The van der Waals surface area contributed by atoms with Gasteiger partial charge in [-0.2, -0.15) is 0 Å². The summed E-state index contributed by atoms with van der Waals surface area (Å²) < 4.78 is 16.0. The van der Waals surface area contributed by atoms with Crippen molar-refractivity contribution in [3.8, 4) is 17.2 Å². The molecule has 166 valence electrons. The van der Waals surface area contributed by atoms with Gasteiger partial charge in [0, 0.05) is 32.2 Å². The lowest BCUT2D eigenvalue weighted by atomic mass is 10.0. The third-order valence-electron chi connectivity index (χ3n) is 6.08. The van der Waals surface area contributed by atoms with Crippen molar-refractivity contribution in [2.75, 3.05) is 47.5 Å². The van der Waals surface area contributed by atoms with Crippen LogP contribution in [0.4, 0.5) is 0 Å². The van der Waals surface area contributed by atoms with Crippen molar-refractivity contribution in [3.63, 3.8) is 0 Å². The number of rotatable bonds is 6. The van der Waals surface area contributed by atoms with E-state index in [0.717, 1.165) is 25.3 Å². The molecule has 2 unspecified atom stereocenters. The van der Waals surface area contributed by atoms with Gasteiger partial charge in [0.05, 0.1) is 33.1 Å². The Balaban J connectivity index is 1.34. The molecule has 0 saturated carbocycles. The minimum absolute atomic E-state index is 0.0241. The summed E-state index contributed by atoms with van der Waals surface area (Å²) >= 11 is 0. The molecule has 8 nitrogen and oxygen atoms in total. The Labute approximate surface area is 183 Å². The number of para-hydroxylation sites is 1. The topological polar surface area (TPSA) is 75.3 Å². The van der Waals surface area contributed by atoms with Crippen LogP contribution in [0.5, 0.6) is 17.2 Å². The molecule has 2 aromatic carbocycles. The van der Waals surface area contributed by atoms with Crippen LogP contribution in [0.3, 0.4) is 0 Å². The quantitative estimate of drug-likeness (QED) is 0.732. The van der Waals surface area contributed by atoms with Crippen molar-refractivity contribution >= 4 is 5.91 Å². The highest BCUT2D eigenvalue weighted by Gasteiger charge is 2.33. The van der Waals surface area contributed by atoms with Crippen LogP contribution in [-0.2, 0) is 0 Å². The number of ether oxygens (including phenoxy) is 3. The van der Waals surface area contributed by atoms with E-state index in [9.17, 15) is 4.79 Å². The smallest absolute Gasteiger partial charge is 0.257 e. The summed E-state index contributed by atoms with van der Waals surface area (Å²) in [5, 5.41) is 0. The van der Waals surface area contributed by atoms with Crippen LogP contribution < -0.4 is 25.1 Å². The molecule has 4 rings (SSSR count). The van der Waals surface area contributed by atoms with Gasteiger partial charge in [0.25, 0.3) is 5.91 Å². The third kappa shape index (κ3) is 4.46. The summed E-state index contributed by atoms with van der Waals surface area (Å²) in [7, 11) is 4.81. The predicted molar refractivity (Wildman–Crippen MR) is 117 cm³/mol. The number of amides is 1. The summed E-state index contributed by atoms with van der Waals surface area (Å²) in [5.74, 6) is 1.89. The highest BCUT2D eigenvalue weighted by Crippen LogP contribution is 2.32. The van der Waals surface area contributed by atoms with E-state index in [1.165, 1.54) is 5.56 Å². The van der Waals surface area contributed by atoms with Crippen LogP contribution in [0.1, 0.15) is 28.4 Å². The molecule has 0 aromatic heterocycles. The molecule has 2 aliphatic heterocycles. The van der Waals surface area contributed by atoms with E-state index in [1.54, 1.807) is 33.5 Å². The number of hydrazine groups is 1. The average Bonchev–Trinajstić information content (AvgIpc) is 3.33. The Bertz CT molecular complexity index is 897. The molecule has 2 fully saturated rings. The Morgan fingerprint density at radius 2 is 1.65 bits per heavy atom. The highest BCUT2D eigenvalue weighted by molar-refractivity contribution is 5.97. The fourth-order valence-electron chi connectivity index (χ4n) is 4.30. The van der Waals surface area contributed by atoms with Gasteiger partial charge in [0.2, 0.25) is 0 Å². The number of hydrogen-bond donors (Lipinski definition) is 2. The fraction of sp³-hybridized carbons (Fsp3) is 0.435. The number of carbonyl (C=O) groups excluding carboxylic acids is 1. The van der Waals surface area contributed by atoms with Gasteiger partial charge in [-0.25, -0.2) is 10.9 Å². The molecular weight excluding hydrogens is 396 g/mol. The molecule has 2 aromatic rings. The molecule has 0 aliphatic carbocycles. The highest BCUT2D eigenvalue weighted by atomic mass is 16.5. The van der Waals surface area contributed by atoms with Gasteiger partial charge in [-0.3, -0.25) is 9.69 Å². The molecule has 0 bridgehead atoms. The zero-order chi connectivity index (χ0) is 21.8. The van der Waals surface area contributed by atoms with E-state index in [0.29, 0.717) is 30.2 Å². The Kier molecular flexibility index (Phi) is 6.60. The van der Waals surface area contributed by atoms with Crippen LogP contribution in [0.2, 0.25) is 0 Å². The lowest BCUT2D eigenvalue weighted by molar-refractivity contribution is 0.0541. The number of carbonyl (C=O) groups is 1. The number of hydrogen-bond acceptors (Lipinski definition) is 7.